The van der Waals surface area contributed by atoms with Gasteiger partial charge in [-0.3, -0.25) is 9.59 Å². The summed E-state index contributed by atoms with van der Waals surface area (Å²) >= 11 is 7.50. The number of aliphatic carboxylic acids is 2. The highest BCUT2D eigenvalue weighted by molar-refractivity contribution is 7.19. The van der Waals surface area contributed by atoms with E-state index in [1.807, 2.05) is 13.0 Å². The minimum absolute atomic E-state index is 0.135. The molecule has 2 aromatic heterocycles. The Morgan fingerprint density at radius 3 is 2.66 bits per heavy atom. The van der Waals surface area contributed by atoms with Gasteiger partial charge in [0.05, 0.1) is 27.0 Å². The van der Waals surface area contributed by atoms with Gasteiger partial charge in [-0.25, -0.2) is 9.97 Å². The Balaban J connectivity index is 0.000000687. The fraction of sp³-hybridized carbons (Fsp3) is 0.474. The zero-order valence-corrected chi connectivity index (χ0v) is 17.8. The van der Waals surface area contributed by atoms with E-state index < -0.39 is 11.9 Å². The summed E-state index contributed by atoms with van der Waals surface area (Å²) in [5, 5.41) is 16.6. The average Bonchev–Trinajstić information content (AvgIpc) is 3.04. The van der Waals surface area contributed by atoms with Crippen molar-refractivity contribution in [3.63, 3.8) is 0 Å². The second-order valence-electron chi connectivity index (χ2n) is 6.72. The first-order valence-corrected chi connectivity index (χ1v) is 10.3. The second-order valence-corrected chi connectivity index (χ2v) is 8.40. The number of carbonyl (C=O) groups is 2. The minimum Gasteiger partial charge on any atom is -0.481 e. The summed E-state index contributed by atoms with van der Waals surface area (Å²) in [5.74, 6) is -1.47. The summed E-state index contributed by atoms with van der Waals surface area (Å²) in [6.45, 7) is 3.30. The van der Waals surface area contributed by atoms with Crippen LogP contribution in [0.3, 0.4) is 0 Å². The number of aryl methyl sites for hydroxylation is 1. The van der Waals surface area contributed by atoms with Crippen LogP contribution in [0.5, 0.6) is 5.88 Å². The number of rotatable bonds is 5. The number of hydrogen-bond acceptors (Lipinski definition) is 7. The van der Waals surface area contributed by atoms with E-state index in [2.05, 4.69) is 9.97 Å². The summed E-state index contributed by atoms with van der Waals surface area (Å²) < 4.78 is 6.60. The molecular weight excluding hydrogens is 418 g/mol. The lowest BCUT2D eigenvalue weighted by Gasteiger charge is -2.27. The number of carboxylic acids is 2. The Kier molecular flexibility index (Phi) is 8.36. The predicted octanol–water partition coefficient (Wildman–Crippen LogP) is 3.74. The Morgan fingerprint density at radius 2 is 2.07 bits per heavy atom. The molecule has 0 unspecified atom stereocenters. The van der Waals surface area contributed by atoms with Gasteiger partial charge in [-0.2, -0.15) is 0 Å². The van der Waals surface area contributed by atoms with Crippen molar-refractivity contribution in [3.05, 3.63) is 27.9 Å². The lowest BCUT2D eigenvalue weighted by molar-refractivity contribution is -0.144. The van der Waals surface area contributed by atoms with Gasteiger partial charge in [-0.15, -0.1) is 11.3 Å². The zero-order chi connectivity index (χ0) is 21.6. The molecule has 0 radical (unpaired) electrons. The van der Waals surface area contributed by atoms with Crippen LogP contribution >= 0.6 is 22.9 Å². The first-order valence-electron chi connectivity index (χ1n) is 9.12. The molecule has 10 heteroatoms. The van der Waals surface area contributed by atoms with Gasteiger partial charge in [0.15, 0.2) is 0 Å². The summed E-state index contributed by atoms with van der Waals surface area (Å²) in [6, 6.07) is 1.84. The van der Waals surface area contributed by atoms with Crippen molar-refractivity contribution in [2.24, 2.45) is 11.7 Å². The summed E-state index contributed by atoms with van der Waals surface area (Å²) in [7, 11) is 0. The monoisotopic (exact) mass is 441 g/mol. The topological polar surface area (TPSA) is 136 Å². The first kappa shape index (κ1) is 23.1. The highest BCUT2D eigenvalue weighted by atomic mass is 35.5. The van der Waals surface area contributed by atoms with Crippen LogP contribution in [0, 0.1) is 12.8 Å². The lowest BCUT2D eigenvalue weighted by atomic mass is 9.87. The number of aromatic nitrogens is 2. The largest absolute Gasteiger partial charge is 0.481 e. The van der Waals surface area contributed by atoms with Gasteiger partial charge in [0, 0.05) is 13.5 Å². The van der Waals surface area contributed by atoms with Crippen molar-refractivity contribution in [2.75, 3.05) is 0 Å². The number of ether oxygens (including phenoxy) is 1. The van der Waals surface area contributed by atoms with E-state index in [4.69, 9.17) is 32.0 Å². The van der Waals surface area contributed by atoms with Gasteiger partial charge in [0.2, 0.25) is 5.88 Å². The van der Waals surface area contributed by atoms with E-state index in [-0.39, 0.29) is 12.0 Å². The summed E-state index contributed by atoms with van der Waals surface area (Å²) in [4.78, 5) is 30.1. The number of hydrogen-bond donors (Lipinski definition) is 3. The van der Waals surface area contributed by atoms with Crippen LogP contribution in [0.2, 0.25) is 4.34 Å². The molecule has 1 aliphatic rings. The molecule has 0 aromatic carbocycles. The fourth-order valence-electron chi connectivity index (χ4n) is 3.09. The number of thiophene rings is 1. The maximum atomic E-state index is 11.2. The smallest absolute Gasteiger partial charge is 0.306 e. The van der Waals surface area contributed by atoms with Crippen molar-refractivity contribution in [2.45, 2.75) is 52.2 Å². The van der Waals surface area contributed by atoms with Gasteiger partial charge >= 0.3 is 5.97 Å². The molecule has 2 atom stereocenters. The third-order valence-electron chi connectivity index (χ3n) is 4.39. The predicted molar refractivity (Wildman–Crippen MR) is 110 cm³/mol. The van der Waals surface area contributed by atoms with E-state index in [1.165, 1.54) is 11.3 Å². The van der Waals surface area contributed by atoms with Crippen LogP contribution in [0.15, 0.2) is 12.3 Å². The number of carboxylic acid groups (broad SMARTS) is 2. The van der Waals surface area contributed by atoms with Crippen molar-refractivity contribution in [1.29, 1.82) is 0 Å². The number of halogens is 1. The van der Waals surface area contributed by atoms with E-state index in [1.54, 1.807) is 6.20 Å². The van der Waals surface area contributed by atoms with Crippen LogP contribution in [0.4, 0.5) is 0 Å². The van der Waals surface area contributed by atoms with Crippen molar-refractivity contribution < 1.29 is 24.5 Å². The number of nitrogens with two attached hydrogens (primary N) is 1. The SMILES string of the molecule is CC(=O)O.Cc1nc(-c2sc(Cl)cc2CN)cnc1O[C@H]1CCC[C@H](C(=O)O)C1. The van der Waals surface area contributed by atoms with Gasteiger partial charge in [-0.1, -0.05) is 11.6 Å². The average molecular weight is 442 g/mol. The van der Waals surface area contributed by atoms with Crippen molar-refractivity contribution in [1.82, 2.24) is 9.97 Å². The second kappa shape index (κ2) is 10.5. The van der Waals surface area contributed by atoms with Crippen molar-refractivity contribution in [3.8, 4) is 16.5 Å². The maximum absolute atomic E-state index is 11.2. The molecule has 158 valence electrons. The lowest BCUT2D eigenvalue weighted by Crippen LogP contribution is -2.30. The Hall–Kier alpha value is -2.23. The normalized spacial score (nSPS) is 18.5. The Bertz CT molecular complexity index is 870. The quantitative estimate of drug-likeness (QED) is 0.638. The maximum Gasteiger partial charge on any atom is 0.306 e. The molecule has 0 amide bonds. The minimum atomic E-state index is -0.833. The van der Waals surface area contributed by atoms with Gasteiger partial charge < -0.3 is 20.7 Å². The molecule has 0 saturated heterocycles. The van der Waals surface area contributed by atoms with Gasteiger partial charge in [-0.05, 0) is 44.2 Å². The van der Waals surface area contributed by atoms with Gasteiger partial charge in [0.1, 0.15) is 11.8 Å². The van der Waals surface area contributed by atoms with Crippen LogP contribution in [-0.2, 0) is 16.1 Å². The molecule has 2 aromatic rings. The highest BCUT2D eigenvalue weighted by Crippen LogP contribution is 2.35. The van der Waals surface area contributed by atoms with E-state index >= 15 is 0 Å². The third-order valence-corrected chi connectivity index (χ3v) is 5.72. The Labute approximate surface area is 177 Å². The summed E-state index contributed by atoms with van der Waals surface area (Å²) in [5.41, 5.74) is 8.08. The Morgan fingerprint density at radius 1 is 1.38 bits per heavy atom. The van der Waals surface area contributed by atoms with Crippen LogP contribution in [-0.4, -0.2) is 38.2 Å². The zero-order valence-electron chi connectivity index (χ0n) is 16.2. The molecule has 0 bridgehead atoms. The molecule has 0 aliphatic heterocycles. The molecule has 29 heavy (non-hydrogen) atoms. The van der Waals surface area contributed by atoms with E-state index in [0.717, 1.165) is 30.2 Å². The van der Waals surface area contributed by atoms with E-state index in [9.17, 15) is 9.90 Å². The van der Waals surface area contributed by atoms with Crippen LogP contribution in [0.25, 0.3) is 10.6 Å². The molecule has 2 heterocycles. The standard InChI is InChI=1S/C17H20ClN3O3S.C2H4O2/c1-9-16(24-12-4-2-3-10(5-12)17(22)23)20-8-13(21-9)15-11(7-19)6-14(18)25-15;1-2(3)4/h6,8,10,12H,2-5,7,19H2,1H3,(H,22,23);1H3,(H,3,4)/t10-,12-;/m0./s1. The van der Waals surface area contributed by atoms with Crippen LogP contribution in [0.1, 0.15) is 43.9 Å². The molecule has 1 saturated carbocycles. The summed E-state index contributed by atoms with van der Waals surface area (Å²) in [6.07, 6.45) is 4.42. The molecule has 8 nitrogen and oxygen atoms in total. The molecule has 1 aliphatic carbocycles. The molecular formula is C19H24ClN3O5S. The molecule has 3 rings (SSSR count). The van der Waals surface area contributed by atoms with Gasteiger partial charge in [0.25, 0.3) is 5.97 Å². The molecule has 4 N–H and O–H groups in total. The molecule has 1 fully saturated rings. The molecule has 0 spiro atoms. The van der Waals surface area contributed by atoms with Crippen LogP contribution < -0.4 is 10.5 Å². The number of nitrogens with zero attached hydrogens (tertiary/aromatic N) is 2. The third kappa shape index (κ3) is 6.66. The van der Waals surface area contributed by atoms with Crippen molar-refractivity contribution >= 4 is 34.9 Å². The highest BCUT2D eigenvalue weighted by Gasteiger charge is 2.28. The fourth-order valence-corrected chi connectivity index (χ4v) is 4.33. The first-order chi connectivity index (χ1) is 13.7. The van der Waals surface area contributed by atoms with E-state index in [0.29, 0.717) is 41.0 Å².